The number of rotatable bonds is 5. The van der Waals surface area contributed by atoms with Crippen LogP contribution in [0.5, 0.6) is 0 Å². The van der Waals surface area contributed by atoms with Crippen LogP contribution >= 0.6 is 11.6 Å². The second-order valence-corrected chi connectivity index (χ2v) is 7.39. The van der Waals surface area contributed by atoms with Gasteiger partial charge in [0.15, 0.2) is 0 Å². The molecule has 3 aromatic carbocycles. The maximum Gasteiger partial charge on any atom is 0.411 e. The van der Waals surface area contributed by atoms with Crippen LogP contribution in [0, 0.1) is 0 Å². The van der Waals surface area contributed by atoms with E-state index >= 15 is 0 Å². The van der Waals surface area contributed by atoms with E-state index in [0.717, 1.165) is 18.7 Å². The highest BCUT2D eigenvalue weighted by atomic mass is 35.5. The van der Waals surface area contributed by atoms with Crippen molar-refractivity contribution in [3.63, 3.8) is 0 Å². The summed E-state index contributed by atoms with van der Waals surface area (Å²) in [7, 11) is 0. The van der Waals surface area contributed by atoms with Gasteiger partial charge in [-0.25, -0.2) is 4.79 Å². The Balaban J connectivity index is 1.40. The topological polar surface area (TPSA) is 79.5 Å². The van der Waals surface area contributed by atoms with E-state index in [1.165, 1.54) is 11.1 Å². The minimum absolute atomic E-state index is 0.147. The second kappa shape index (κ2) is 8.98. The Morgan fingerprint density at radius 2 is 1.70 bits per heavy atom. The number of hydrogen-bond donors (Lipinski definition) is 3. The quantitative estimate of drug-likeness (QED) is 0.545. The Labute approximate surface area is 179 Å². The molecule has 6 nitrogen and oxygen atoms in total. The van der Waals surface area contributed by atoms with Crippen molar-refractivity contribution < 1.29 is 14.3 Å². The number of carbonyl (C=O) groups excluding carboxylic acids is 2. The predicted molar refractivity (Wildman–Crippen MR) is 117 cm³/mol. The molecule has 0 bridgehead atoms. The van der Waals surface area contributed by atoms with Gasteiger partial charge in [0, 0.05) is 35.1 Å². The van der Waals surface area contributed by atoms with Gasteiger partial charge in [-0.2, -0.15) is 0 Å². The van der Waals surface area contributed by atoms with Crippen LogP contribution in [0.4, 0.5) is 16.2 Å². The van der Waals surface area contributed by atoms with Gasteiger partial charge in [-0.15, -0.1) is 0 Å². The van der Waals surface area contributed by atoms with E-state index in [1.54, 1.807) is 18.2 Å². The highest BCUT2D eigenvalue weighted by Gasteiger charge is 2.14. The van der Waals surface area contributed by atoms with E-state index in [1.807, 2.05) is 48.5 Å². The van der Waals surface area contributed by atoms with Gasteiger partial charge < -0.3 is 15.4 Å². The average Bonchev–Trinajstić information content (AvgIpc) is 3.20. The van der Waals surface area contributed by atoms with Crippen molar-refractivity contribution in [1.82, 2.24) is 5.32 Å². The highest BCUT2D eigenvalue weighted by Crippen LogP contribution is 2.23. The Morgan fingerprint density at radius 1 is 0.900 bits per heavy atom. The fraction of sp³-hybridized carbons (Fsp3) is 0.130. The van der Waals surface area contributed by atoms with Gasteiger partial charge in [-0.05, 0) is 47.0 Å². The Morgan fingerprint density at radius 3 is 2.53 bits per heavy atom. The zero-order chi connectivity index (χ0) is 20.9. The number of amides is 2. The normalized spacial score (nSPS) is 12.2. The minimum atomic E-state index is -0.626. The predicted octanol–water partition coefficient (Wildman–Crippen LogP) is 4.94. The molecule has 30 heavy (non-hydrogen) atoms. The maximum atomic E-state index is 12.7. The largest absolute Gasteiger partial charge is 0.444 e. The molecule has 3 N–H and O–H groups in total. The third kappa shape index (κ3) is 4.97. The lowest BCUT2D eigenvalue weighted by molar-refractivity contribution is 0.102. The molecular formula is C23H20ClN3O3. The number of anilines is 2. The molecule has 1 aliphatic heterocycles. The molecule has 0 atom stereocenters. The van der Waals surface area contributed by atoms with Gasteiger partial charge in [0.1, 0.15) is 6.61 Å². The van der Waals surface area contributed by atoms with Crippen LogP contribution < -0.4 is 16.0 Å². The lowest BCUT2D eigenvalue weighted by atomic mass is 10.1. The number of benzene rings is 3. The van der Waals surface area contributed by atoms with Crippen molar-refractivity contribution in [2.45, 2.75) is 19.7 Å². The van der Waals surface area contributed by atoms with Crippen LogP contribution in [0.3, 0.4) is 0 Å². The smallest absolute Gasteiger partial charge is 0.411 e. The van der Waals surface area contributed by atoms with Crippen LogP contribution in [-0.4, -0.2) is 12.0 Å². The molecule has 0 fully saturated rings. The van der Waals surface area contributed by atoms with Gasteiger partial charge in [-0.1, -0.05) is 48.0 Å². The molecule has 0 saturated heterocycles. The van der Waals surface area contributed by atoms with E-state index in [4.69, 9.17) is 16.3 Å². The van der Waals surface area contributed by atoms with Gasteiger partial charge in [0.2, 0.25) is 0 Å². The molecule has 0 aliphatic carbocycles. The molecule has 0 unspecified atom stereocenters. The first kappa shape index (κ1) is 19.9. The molecule has 7 heteroatoms. The van der Waals surface area contributed by atoms with Gasteiger partial charge in [-0.3, -0.25) is 10.1 Å². The maximum absolute atomic E-state index is 12.7. The van der Waals surface area contributed by atoms with E-state index in [0.29, 0.717) is 22.0 Å². The summed E-state index contributed by atoms with van der Waals surface area (Å²) in [4.78, 5) is 24.8. The fourth-order valence-electron chi connectivity index (χ4n) is 3.25. The zero-order valence-corrected chi connectivity index (χ0v) is 16.8. The number of ether oxygens (including phenoxy) is 1. The fourth-order valence-corrected chi connectivity index (χ4v) is 3.48. The molecule has 152 valence electrons. The summed E-state index contributed by atoms with van der Waals surface area (Å²) in [6, 6.07) is 19.8. The van der Waals surface area contributed by atoms with E-state index in [-0.39, 0.29) is 12.5 Å². The Hall–Kier alpha value is -3.35. The van der Waals surface area contributed by atoms with Gasteiger partial charge >= 0.3 is 6.09 Å². The number of hydrogen-bond acceptors (Lipinski definition) is 4. The van der Waals surface area contributed by atoms with Gasteiger partial charge in [0.05, 0.1) is 0 Å². The molecule has 0 aromatic heterocycles. The Bertz CT molecular complexity index is 1090. The number of nitrogens with one attached hydrogen (secondary N) is 3. The van der Waals surface area contributed by atoms with Crippen molar-refractivity contribution in [3.05, 3.63) is 94.0 Å². The second-order valence-electron chi connectivity index (χ2n) is 6.96. The van der Waals surface area contributed by atoms with Crippen LogP contribution in [0.1, 0.15) is 27.0 Å². The zero-order valence-electron chi connectivity index (χ0n) is 16.1. The average molecular weight is 422 g/mol. The van der Waals surface area contributed by atoms with E-state index in [9.17, 15) is 9.59 Å². The van der Waals surface area contributed by atoms with E-state index < -0.39 is 6.09 Å². The summed E-state index contributed by atoms with van der Waals surface area (Å²) in [5, 5.41) is 9.09. The van der Waals surface area contributed by atoms with Crippen molar-refractivity contribution in [2.75, 3.05) is 10.6 Å². The molecular weight excluding hydrogens is 402 g/mol. The van der Waals surface area contributed by atoms with Gasteiger partial charge in [0.25, 0.3) is 5.91 Å². The molecule has 1 aliphatic rings. The summed E-state index contributed by atoms with van der Waals surface area (Å²) in [5.74, 6) is -0.316. The molecule has 4 rings (SSSR count). The van der Waals surface area contributed by atoms with E-state index in [2.05, 4.69) is 16.0 Å². The lowest BCUT2D eigenvalue weighted by Gasteiger charge is -2.11. The lowest BCUT2D eigenvalue weighted by Crippen LogP contribution is -2.15. The first-order valence-corrected chi connectivity index (χ1v) is 9.87. The molecule has 1 heterocycles. The summed E-state index contributed by atoms with van der Waals surface area (Å²) in [5.41, 5.74) is 4.70. The number of fused-ring (bicyclic) bond motifs is 1. The van der Waals surface area contributed by atoms with Crippen molar-refractivity contribution in [3.8, 4) is 0 Å². The van der Waals surface area contributed by atoms with Crippen LogP contribution in [0.15, 0.2) is 66.7 Å². The first-order chi connectivity index (χ1) is 14.6. The summed E-state index contributed by atoms with van der Waals surface area (Å²) in [6.45, 7) is 1.77. The molecule has 0 radical (unpaired) electrons. The number of carbonyl (C=O) groups is 2. The van der Waals surface area contributed by atoms with Crippen LogP contribution in [0.2, 0.25) is 5.02 Å². The standard InChI is InChI=1S/C23H20ClN3O3/c24-19-8-17(22(28)26-20-7-6-16-12-25-13-18(16)10-20)9-21(11-19)27-23(29)30-14-15-4-2-1-3-5-15/h1-11,25H,12-14H2,(H,26,28)(H,27,29). The third-order valence-electron chi connectivity index (χ3n) is 4.71. The molecule has 3 aromatic rings. The van der Waals surface area contributed by atoms with Crippen LogP contribution in [0.25, 0.3) is 0 Å². The molecule has 0 spiro atoms. The summed E-state index contributed by atoms with van der Waals surface area (Å²) >= 11 is 6.15. The number of halogens is 1. The summed E-state index contributed by atoms with van der Waals surface area (Å²) in [6.07, 6.45) is -0.626. The SMILES string of the molecule is O=C(Nc1cc(Cl)cc(C(=O)Nc2ccc3c(c2)CNC3)c1)OCc1ccccc1. The van der Waals surface area contributed by atoms with Crippen molar-refractivity contribution >= 4 is 35.0 Å². The Kier molecular flexibility index (Phi) is 5.97. The summed E-state index contributed by atoms with van der Waals surface area (Å²) < 4.78 is 5.21. The van der Waals surface area contributed by atoms with Crippen molar-refractivity contribution in [2.24, 2.45) is 0 Å². The minimum Gasteiger partial charge on any atom is -0.444 e. The van der Waals surface area contributed by atoms with Crippen LogP contribution in [-0.2, 0) is 24.4 Å². The molecule has 0 saturated carbocycles. The monoisotopic (exact) mass is 421 g/mol. The third-order valence-corrected chi connectivity index (χ3v) is 4.93. The highest BCUT2D eigenvalue weighted by molar-refractivity contribution is 6.31. The van der Waals surface area contributed by atoms with Crippen molar-refractivity contribution in [1.29, 1.82) is 0 Å². The first-order valence-electron chi connectivity index (χ1n) is 9.49. The molecule has 2 amide bonds.